The third kappa shape index (κ3) is 9.66. The van der Waals surface area contributed by atoms with Crippen LogP contribution in [0.5, 0.6) is 11.6 Å². The lowest BCUT2D eigenvalue weighted by Crippen LogP contribution is -2.47. The molecule has 0 unspecified atom stereocenters. The Morgan fingerprint density at radius 1 is 0.919 bits per heavy atom. The molecule has 37 heavy (non-hydrogen) atoms. The first kappa shape index (κ1) is 27.8. The van der Waals surface area contributed by atoms with Gasteiger partial charge in [-0.25, -0.2) is 18.6 Å². The zero-order valence-electron chi connectivity index (χ0n) is 20.5. The SMILES string of the molecule is O=C(O)CCCCCCNC(=O)NC1CCC(NC(=O)c2cc(F)cnc2Oc2ccc(F)cc2)CC1. The smallest absolute Gasteiger partial charge is 0.315 e. The number of urea groups is 1. The van der Waals surface area contributed by atoms with E-state index in [2.05, 4.69) is 20.9 Å². The minimum atomic E-state index is -0.793. The van der Waals surface area contributed by atoms with Gasteiger partial charge in [-0.1, -0.05) is 12.8 Å². The second-order valence-electron chi connectivity index (χ2n) is 9.04. The lowest BCUT2D eigenvalue weighted by Gasteiger charge is -2.29. The second-order valence-corrected chi connectivity index (χ2v) is 9.04. The lowest BCUT2D eigenvalue weighted by atomic mass is 9.91. The number of hydrogen-bond acceptors (Lipinski definition) is 5. The highest BCUT2D eigenvalue weighted by Gasteiger charge is 2.25. The van der Waals surface area contributed by atoms with Crippen molar-refractivity contribution in [3.63, 3.8) is 0 Å². The molecule has 3 amide bonds. The van der Waals surface area contributed by atoms with E-state index >= 15 is 0 Å². The Bertz CT molecular complexity index is 1060. The van der Waals surface area contributed by atoms with Crippen molar-refractivity contribution in [2.24, 2.45) is 0 Å². The number of rotatable bonds is 12. The molecule has 1 aliphatic rings. The van der Waals surface area contributed by atoms with Gasteiger partial charge in [0.25, 0.3) is 5.91 Å². The average molecular weight is 519 g/mol. The molecule has 1 saturated carbocycles. The maximum absolute atomic E-state index is 13.8. The molecule has 1 fully saturated rings. The van der Waals surface area contributed by atoms with E-state index in [1.54, 1.807) is 0 Å². The van der Waals surface area contributed by atoms with Crippen LogP contribution in [0, 0.1) is 11.6 Å². The van der Waals surface area contributed by atoms with E-state index in [0.717, 1.165) is 31.5 Å². The molecule has 11 heteroatoms. The van der Waals surface area contributed by atoms with Crippen molar-refractivity contribution in [2.45, 2.75) is 69.9 Å². The van der Waals surface area contributed by atoms with E-state index in [4.69, 9.17) is 9.84 Å². The fraction of sp³-hybridized carbons (Fsp3) is 0.462. The Morgan fingerprint density at radius 3 is 2.24 bits per heavy atom. The van der Waals surface area contributed by atoms with E-state index in [9.17, 15) is 23.2 Å². The number of carboxylic acids is 1. The van der Waals surface area contributed by atoms with Crippen LogP contribution in [-0.2, 0) is 4.79 Å². The fourth-order valence-electron chi connectivity index (χ4n) is 4.12. The number of unbranched alkanes of at least 4 members (excludes halogenated alkanes) is 3. The predicted octanol–water partition coefficient (Wildman–Crippen LogP) is 4.53. The number of nitrogens with zero attached hydrogens (tertiary/aromatic N) is 1. The number of carboxylic acid groups (broad SMARTS) is 1. The van der Waals surface area contributed by atoms with Crippen LogP contribution in [0.3, 0.4) is 0 Å². The summed E-state index contributed by atoms with van der Waals surface area (Å²) < 4.78 is 32.6. The molecule has 1 aromatic heterocycles. The summed E-state index contributed by atoms with van der Waals surface area (Å²) in [7, 11) is 0. The number of amides is 3. The van der Waals surface area contributed by atoms with Crippen LogP contribution in [0.4, 0.5) is 13.6 Å². The topological polar surface area (TPSA) is 130 Å². The lowest BCUT2D eigenvalue weighted by molar-refractivity contribution is -0.137. The number of aromatic nitrogens is 1. The number of aliphatic carboxylic acids is 1. The highest BCUT2D eigenvalue weighted by molar-refractivity contribution is 5.96. The molecule has 0 aliphatic heterocycles. The summed E-state index contributed by atoms with van der Waals surface area (Å²) in [6.07, 6.45) is 6.83. The average Bonchev–Trinajstić information content (AvgIpc) is 2.87. The molecule has 0 spiro atoms. The minimum absolute atomic E-state index is 0.0167. The molecule has 1 aliphatic carbocycles. The van der Waals surface area contributed by atoms with Gasteiger partial charge in [0.15, 0.2) is 0 Å². The van der Waals surface area contributed by atoms with E-state index in [1.807, 2.05) is 0 Å². The molecular weight excluding hydrogens is 486 g/mol. The Balaban J connectivity index is 1.40. The Kier molecular flexibility index (Phi) is 10.6. The maximum atomic E-state index is 13.8. The standard InChI is InChI=1S/C26H32F2N4O5/c27-17-6-12-21(13-7-17)37-25-22(15-18(28)16-30-25)24(35)31-19-8-10-20(11-9-19)32-26(36)29-14-4-2-1-3-5-23(33)34/h6-7,12-13,15-16,19-20H,1-5,8-11,14H2,(H,31,35)(H,33,34)(H2,29,32,36). The normalized spacial score (nSPS) is 17.0. The first-order valence-corrected chi connectivity index (χ1v) is 12.5. The van der Waals surface area contributed by atoms with Gasteiger partial charge in [0.05, 0.1) is 6.20 Å². The zero-order chi connectivity index (χ0) is 26.6. The van der Waals surface area contributed by atoms with E-state index in [1.165, 1.54) is 24.3 Å². The van der Waals surface area contributed by atoms with Crippen LogP contribution in [0.2, 0.25) is 0 Å². The highest BCUT2D eigenvalue weighted by atomic mass is 19.1. The summed E-state index contributed by atoms with van der Waals surface area (Å²) in [6, 6.07) is 5.81. The molecule has 2 aromatic rings. The van der Waals surface area contributed by atoms with Crippen molar-refractivity contribution in [3.05, 3.63) is 53.7 Å². The fourth-order valence-corrected chi connectivity index (χ4v) is 4.12. The molecule has 1 aromatic carbocycles. The van der Waals surface area contributed by atoms with Gasteiger partial charge >= 0.3 is 12.0 Å². The van der Waals surface area contributed by atoms with Crippen molar-refractivity contribution in [1.82, 2.24) is 20.9 Å². The van der Waals surface area contributed by atoms with Gasteiger partial charge in [-0.3, -0.25) is 9.59 Å². The number of benzene rings is 1. The molecule has 9 nitrogen and oxygen atoms in total. The number of pyridine rings is 1. The van der Waals surface area contributed by atoms with Gasteiger partial charge in [0, 0.05) is 25.0 Å². The molecular formula is C26H32F2N4O5. The summed E-state index contributed by atoms with van der Waals surface area (Å²) in [5, 5.41) is 17.3. The van der Waals surface area contributed by atoms with Gasteiger partial charge < -0.3 is 25.8 Å². The Labute approximate surface area is 214 Å². The van der Waals surface area contributed by atoms with Crippen molar-refractivity contribution in [1.29, 1.82) is 0 Å². The molecule has 0 radical (unpaired) electrons. The molecule has 0 saturated heterocycles. The van der Waals surface area contributed by atoms with Gasteiger partial charge in [-0.15, -0.1) is 0 Å². The summed E-state index contributed by atoms with van der Waals surface area (Å²) in [5.41, 5.74) is -0.0630. The van der Waals surface area contributed by atoms with E-state index in [-0.39, 0.29) is 41.7 Å². The quantitative estimate of drug-likeness (QED) is 0.306. The maximum Gasteiger partial charge on any atom is 0.315 e. The number of hydrogen-bond donors (Lipinski definition) is 4. The number of carbonyl (C=O) groups excluding carboxylic acids is 2. The Hall–Kier alpha value is -3.76. The van der Waals surface area contributed by atoms with Gasteiger partial charge in [0.1, 0.15) is 22.9 Å². The van der Waals surface area contributed by atoms with Crippen LogP contribution in [0.25, 0.3) is 0 Å². The Morgan fingerprint density at radius 2 is 1.57 bits per heavy atom. The number of carbonyl (C=O) groups is 3. The third-order valence-electron chi connectivity index (χ3n) is 6.09. The second kappa shape index (κ2) is 14.1. The van der Waals surface area contributed by atoms with Crippen LogP contribution in [0.15, 0.2) is 36.5 Å². The molecule has 200 valence electrons. The van der Waals surface area contributed by atoms with Gasteiger partial charge in [-0.05, 0) is 68.9 Å². The van der Waals surface area contributed by atoms with Crippen molar-refractivity contribution >= 4 is 17.9 Å². The number of ether oxygens (including phenoxy) is 1. The summed E-state index contributed by atoms with van der Waals surface area (Å²) >= 11 is 0. The van der Waals surface area contributed by atoms with Gasteiger partial charge in [0.2, 0.25) is 5.88 Å². The molecule has 0 bridgehead atoms. The molecule has 4 N–H and O–H groups in total. The van der Waals surface area contributed by atoms with Crippen molar-refractivity contribution < 1.29 is 33.0 Å². The van der Waals surface area contributed by atoms with E-state index in [0.29, 0.717) is 38.6 Å². The van der Waals surface area contributed by atoms with E-state index < -0.39 is 23.5 Å². The zero-order valence-corrected chi connectivity index (χ0v) is 20.5. The third-order valence-corrected chi connectivity index (χ3v) is 6.09. The van der Waals surface area contributed by atoms with Crippen LogP contribution in [-0.4, -0.2) is 46.6 Å². The monoisotopic (exact) mass is 518 g/mol. The summed E-state index contributed by atoms with van der Waals surface area (Å²) in [4.78, 5) is 39.4. The largest absolute Gasteiger partial charge is 0.481 e. The first-order chi connectivity index (χ1) is 17.8. The van der Waals surface area contributed by atoms with Crippen molar-refractivity contribution in [2.75, 3.05) is 6.54 Å². The summed E-state index contributed by atoms with van der Waals surface area (Å²) in [6.45, 7) is 0.522. The first-order valence-electron chi connectivity index (χ1n) is 12.5. The predicted molar refractivity (Wildman–Crippen MR) is 131 cm³/mol. The highest BCUT2D eigenvalue weighted by Crippen LogP contribution is 2.25. The van der Waals surface area contributed by atoms with Gasteiger partial charge in [-0.2, -0.15) is 0 Å². The molecule has 1 heterocycles. The summed E-state index contributed by atoms with van der Waals surface area (Å²) in [5.74, 6) is -2.27. The molecule has 0 atom stereocenters. The van der Waals surface area contributed by atoms with Crippen LogP contribution in [0.1, 0.15) is 68.1 Å². The van der Waals surface area contributed by atoms with Crippen LogP contribution < -0.4 is 20.7 Å². The van der Waals surface area contributed by atoms with Crippen LogP contribution >= 0.6 is 0 Å². The molecule has 3 rings (SSSR count). The minimum Gasteiger partial charge on any atom is -0.481 e. The van der Waals surface area contributed by atoms with Crippen molar-refractivity contribution in [3.8, 4) is 11.6 Å². The number of halogens is 2. The number of nitrogens with one attached hydrogen (secondary N) is 3.